The summed E-state index contributed by atoms with van der Waals surface area (Å²) in [4.78, 5) is 11.8. The number of benzene rings is 2. The first-order chi connectivity index (χ1) is 9.49. The normalized spacial score (nSPS) is 10.4. The molecule has 0 spiro atoms. The zero-order chi connectivity index (χ0) is 14.7. The van der Waals surface area contributed by atoms with E-state index in [1.165, 1.54) is 30.3 Å². The number of ether oxygens (including phenoxy) is 1. The van der Waals surface area contributed by atoms with Gasteiger partial charge < -0.3 is 4.74 Å². The molecule has 0 bridgehead atoms. The van der Waals surface area contributed by atoms with Crippen LogP contribution in [0.15, 0.2) is 36.4 Å². The average molecular weight is 334 g/mol. The van der Waals surface area contributed by atoms with Crippen molar-refractivity contribution in [3.8, 4) is 5.75 Å². The van der Waals surface area contributed by atoms with Gasteiger partial charge in [0, 0.05) is 6.07 Å². The Kier molecular flexibility index (Phi) is 4.86. The van der Waals surface area contributed by atoms with Gasteiger partial charge in [-0.1, -0.05) is 46.9 Å². The van der Waals surface area contributed by atoms with Gasteiger partial charge in [-0.2, -0.15) is 0 Å². The summed E-state index contributed by atoms with van der Waals surface area (Å²) in [6, 6.07) is 8.48. The van der Waals surface area contributed by atoms with Crippen molar-refractivity contribution >= 4 is 40.6 Å². The summed E-state index contributed by atoms with van der Waals surface area (Å²) in [5.41, 5.74) is -0.0383. The fourth-order valence-corrected chi connectivity index (χ4v) is 2.11. The highest BCUT2D eigenvalue weighted by Gasteiger charge is 2.13. The van der Waals surface area contributed by atoms with Crippen molar-refractivity contribution in [2.75, 3.05) is 6.61 Å². The van der Waals surface area contributed by atoms with Crippen LogP contribution in [0.25, 0.3) is 0 Å². The van der Waals surface area contributed by atoms with E-state index in [9.17, 15) is 9.18 Å². The standard InChI is InChI=1S/C14H8Cl3FO2/c15-9-5-11(17)14(6-10(9)16)20-7-13(19)8-3-1-2-4-12(8)18/h1-6H,7H2. The fraction of sp³-hybridized carbons (Fsp3) is 0.0714. The van der Waals surface area contributed by atoms with Crippen molar-refractivity contribution in [3.05, 3.63) is 62.8 Å². The molecule has 2 aromatic carbocycles. The minimum absolute atomic E-state index is 0.0383. The summed E-state index contributed by atoms with van der Waals surface area (Å²) in [5, 5.41) is 0.759. The predicted octanol–water partition coefficient (Wildman–Crippen LogP) is 5.05. The molecular weight excluding hydrogens is 326 g/mol. The molecule has 0 unspecified atom stereocenters. The van der Waals surface area contributed by atoms with Crippen molar-refractivity contribution in [3.63, 3.8) is 0 Å². The van der Waals surface area contributed by atoms with E-state index < -0.39 is 11.6 Å². The Hall–Kier alpha value is -1.29. The van der Waals surface area contributed by atoms with E-state index in [4.69, 9.17) is 39.5 Å². The molecule has 0 aliphatic heterocycles. The maximum Gasteiger partial charge on any atom is 0.203 e. The summed E-state index contributed by atoms with van der Waals surface area (Å²) in [7, 11) is 0. The summed E-state index contributed by atoms with van der Waals surface area (Å²) in [6.45, 7) is -0.349. The number of ketones is 1. The highest BCUT2D eigenvalue weighted by molar-refractivity contribution is 6.43. The smallest absolute Gasteiger partial charge is 0.203 e. The van der Waals surface area contributed by atoms with E-state index in [0.717, 1.165) is 0 Å². The maximum absolute atomic E-state index is 13.4. The number of carbonyl (C=O) groups excluding carboxylic acids is 1. The molecular formula is C14H8Cl3FO2. The third kappa shape index (κ3) is 3.42. The lowest BCUT2D eigenvalue weighted by Crippen LogP contribution is -2.13. The number of halogens is 4. The molecule has 20 heavy (non-hydrogen) atoms. The number of rotatable bonds is 4. The zero-order valence-corrected chi connectivity index (χ0v) is 12.3. The van der Waals surface area contributed by atoms with Crippen LogP contribution in [0.5, 0.6) is 5.75 Å². The second-order valence-corrected chi connectivity index (χ2v) is 5.11. The minimum atomic E-state index is -0.596. The lowest BCUT2D eigenvalue weighted by atomic mass is 10.1. The van der Waals surface area contributed by atoms with Gasteiger partial charge in [-0.15, -0.1) is 0 Å². The van der Waals surface area contributed by atoms with Crippen LogP contribution >= 0.6 is 34.8 Å². The van der Waals surface area contributed by atoms with Gasteiger partial charge in [0.2, 0.25) is 5.78 Å². The topological polar surface area (TPSA) is 26.3 Å². The Bertz CT molecular complexity index is 659. The van der Waals surface area contributed by atoms with Crippen LogP contribution in [-0.2, 0) is 0 Å². The summed E-state index contributed by atoms with van der Waals surface area (Å²) in [5.74, 6) is -0.877. The zero-order valence-electron chi connectivity index (χ0n) is 10.00. The molecule has 0 saturated carbocycles. The second-order valence-electron chi connectivity index (χ2n) is 3.89. The van der Waals surface area contributed by atoms with Crippen molar-refractivity contribution in [2.45, 2.75) is 0 Å². The Morgan fingerprint density at radius 3 is 2.40 bits per heavy atom. The molecule has 2 aromatic rings. The number of carbonyl (C=O) groups is 1. The van der Waals surface area contributed by atoms with Gasteiger partial charge in [-0.05, 0) is 18.2 Å². The van der Waals surface area contributed by atoms with E-state index in [2.05, 4.69) is 0 Å². The van der Waals surface area contributed by atoms with Gasteiger partial charge in [-0.3, -0.25) is 4.79 Å². The largest absolute Gasteiger partial charge is 0.484 e. The molecule has 0 amide bonds. The van der Waals surface area contributed by atoms with E-state index in [1.807, 2.05) is 0 Å². The van der Waals surface area contributed by atoms with Crippen LogP contribution in [0.3, 0.4) is 0 Å². The minimum Gasteiger partial charge on any atom is -0.484 e. The molecule has 0 N–H and O–H groups in total. The van der Waals surface area contributed by atoms with Gasteiger partial charge >= 0.3 is 0 Å². The van der Waals surface area contributed by atoms with Crippen LogP contribution in [0.4, 0.5) is 4.39 Å². The van der Waals surface area contributed by atoms with E-state index in [1.54, 1.807) is 6.07 Å². The summed E-state index contributed by atoms with van der Waals surface area (Å²) in [6.07, 6.45) is 0. The quantitative estimate of drug-likeness (QED) is 0.578. The first kappa shape index (κ1) is 15.1. The van der Waals surface area contributed by atoms with Gasteiger partial charge in [0.25, 0.3) is 0 Å². The molecule has 0 radical (unpaired) electrons. The Balaban J connectivity index is 2.12. The third-order valence-corrected chi connectivity index (χ3v) is 3.53. The lowest BCUT2D eigenvalue weighted by molar-refractivity contribution is 0.0917. The van der Waals surface area contributed by atoms with E-state index >= 15 is 0 Å². The first-order valence-corrected chi connectivity index (χ1v) is 6.67. The highest BCUT2D eigenvalue weighted by atomic mass is 35.5. The Morgan fingerprint density at radius 2 is 1.70 bits per heavy atom. The SMILES string of the molecule is O=C(COc1cc(Cl)c(Cl)cc1Cl)c1ccccc1F. The average Bonchev–Trinajstić information content (AvgIpc) is 2.41. The van der Waals surface area contributed by atoms with Crippen LogP contribution in [0, 0.1) is 5.82 Å². The molecule has 0 aromatic heterocycles. The van der Waals surface area contributed by atoms with Crippen molar-refractivity contribution in [2.24, 2.45) is 0 Å². The number of hydrogen-bond donors (Lipinski definition) is 0. The maximum atomic E-state index is 13.4. The first-order valence-electron chi connectivity index (χ1n) is 5.54. The van der Waals surface area contributed by atoms with Crippen LogP contribution < -0.4 is 4.74 Å². The molecule has 0 aliphatic carbocycles. The third-order valence-electron chi connectivity index (χ3n) is 2.51. The molecule has 6 heteroatoms. The van der Waals surface area contributed by atoms with Crippen molar-refractivity contribution in [1.29, 1.82) is 0 Å². The summed E-state index contributed by atoms with van der Waals surface area (Å²) >= 11 is 17.5. The Morgan fingerprint density at radius 1 is 1.05 bits per heavy atom. The van der Waals surface area contributed by atoms with Crippen LogP contribution in [0.1, 0.15) is 10.4 Å². The number of Topliss-reactive ketones (excluding diaryl/α,β-unsaturated/α-hetero) is 1. The molecule has 104 valence electrons. The molecule has 2 nitrogen and oxygen atoms in total. The number of hydrogen-bond acceptors (Lipinski definition) is 2. The lowest BCUT2D eigenvalue weighted by Gasteiger charge is -2.09. The van der Waals surface area contributed by atoms with Crippen molar-refractivity contribution in [1.82, 2.24) is 0 Å². The molecule has 2 rings (SSSR count). The van der Waals surface area contributed by atoms with E-state index in [0.29, 0.717) is 0 Å². The Labute approximate surface area is 130 Å². The van der Waals surface area contributed by atoms with Crippen LogP contribution in [-0.4, -0.2) is 12.4 Å². The van der Waals surface area contributed by atoms with Crippen LogP contribution in [0.2, 0.25) is 15.1 Å². The second kappa shape index (κ2) is 6.44. The van der Waals surface area contributed by atoms with Gasteiger partial charge in [0.1, 0.15) is 11.6 Å². The van der Waals surface area contributed by atoms with E-state index in [-0.39, 0.29) is 33.0 Å². The fourth-order valence-electron chi connectivity index (χ4n) is 1.52. The molecule has 0 heterocycles. The highest BCUT2D eigenvalue weighted by Crippen LogP contribution is 2.33. The summed E-state index contributed by atoms with van der Waals surface area (Å²) < 4.78 is 18.7. The van der Waals surface area contributed by atoms with Gasteiger partial charge in [0.05, 0.1) is 20.6 Å². The molecule has 0 aliphatic rings. The van der Waals surface area contributed by atoms with Gasteiger partial charge in [-0.25, -0.2) is 4.39 Å². The van der Waals surface area contributed by atoms with Gasteiger partial charge in [0.15, 0.2) is 6.61 Å². The predicted molar refractivity (Wildman–Crippen MR) is 77.7 cm³/mol. The van der Waals surface area contributed by atoms with Crippen molar-refractivity contribution < 1.29 is 13.9 Å². The molecule has 0 atom stereocenters. The molecule has 0 saturated heterocycles. The molecule has 0 fully saturated rings. The monoisotopic (exact) mass is 332 g/mol.